The van der Waals surface area contributed by atoms with Crippen LogP contribution >= 0.6 is 0 Å². The third-order valence-corrected chi connectivity index (χ3v) is 2.43. The summed E-state index contributed by atoms with van der Waals surface area (Å²) in [7, 11) is 1.56. The van der Waals surface area contributed by atoms with Gasteiger partial charge in [-0.2, -0.15) is 0 Å². The van der Waals surface area contributed by atoms with Crippen molar-refractivity contribution in [1.82, 2.24) is 5.32 Å². The molecule has 0 spiro atoms. The van der Waals surface area contributed by atoms with Crippen LogP contribution in [-0.4, -0.2) is 48.5 Å². The molecule has 20 heavy (non-hydrogen) atoms. The van der Waals surface area contributed by atoms with Crippen molar-refractivity contribution in [2.24, 2.45) is 0 Å². The van der Waals surface area contributed by atoms with E-state index >= 15 is 0 Å². The average molecular weight is 283 g/mol. The Labute approximate surface area is 116 Å². The van der Waals surface area contributed by atoms with Crippen molar-refractivity contribution in [2.75, 3.05) is 20.3 Å². The van der Waals surface area contributed by atoms with Gasteiger partial charge in [-0.05, 0) is 24.3 Å². The first-order valence-electron chi connectivity index (χ1n) is 5.97. The van der Waals surface area contributed by atoms with Crippen LogP contribution in [0, 0.1) is 0 Å². The van der Waals surface area contributed by atoms with E-state index in [4.69, 9.17) is 19.7 Å². The number of aliphatic carboxylic acids is 1. The number of rotatable bonds is 8. The number of benzene rings is 1. The summed E-state index contributed by atoms with van der Waals surface area (Å²) in [5.74, 6) is -0.458. The summed E-state index contributed by atoms with van der Waals surface area (Å²) in [6, 6.07) is 6.90. The van der Waals surface area contributed by atoms with E-state index in [0.717, 1.165) is 0 Å². The topological polar surface area (TPSA) is 105 Å². The van der Waals surface area contributed by atoms with Crippen molar-refractivity contribution in [3.05, 3.63) is 24.3 Å². The minimum absolute atomic E-state index is 0.0678. The molecular formula is C13H17NO6. The molecular weight excluding hydrogens is 266 g/mol. The van der Waals surface area contributed by atoms with Crippen molar-refractivity contribution in [3.8, 4) is 11.5 Å². The van der Waals surface area contributed by atoms with E-state index in [1.165, 1.54) is 0 Å². The molecule has 0 aliphatic carbocycles. The summed E-state index contributed by atoms with van der Waals surface area (Å²) in [6.45, 7) is -0.169. The number of hydrogen-bond acceptors (Lipinski definition) is 5. The number of nitrogens with one attached hydrogen (secondary N) is 1. The van der Waals surface area contributed by atoms with Gasteiger partial charge in [0.1, 0.15) is 11.5 Å². The zero-order valence-electron chi connectivity index (χ0n) is 11.0. The van der Waals surface area contributed by atoms with E-state index in [1.807, 2.05) is 0 Å². The summed E-state index contributed by atoms with van der Waals surface area (Å²) in [4.78, 5) is 21.7. The van der Waals surface area contributed by atoms with Gasteiger partial charge in [-0.3, -0.25) is 4.79 Å². The fourth-order valence-corrected chi connectivity index (χ4v) is 1.32. The average Bonchev–Trinajstić information content (AvgIpc) is 2.45. The quantitative estimate of drug-likeness (QED) is 0.621. The Morgan fingerprint density at radius 3 is 2.40 bits per heavy atom. The van der Waals surface area contributed by atoms with E-state index in [9.17, 15) is 9.59 Å². The maximum absolute atomic E-state index is 11.3. The van der Waals surface area contributed by atoms with Crippen molar-refractivity contribution in [1.29, 1.82) is 0 Å². The molecule has 0 radical (unpaired) electrons. The molecule has 1 atom stereocenters. The SMILES string of the molecule is COc1ccc(OCCC(=O)NCC(O)C(=O)O)cc1. The summed E-state index contributed by atoms with van der Waals surface area (Å²) in [5.41, 5.74) is 0. The standard InChI is InChI=1S/C13H17NO6/c1-19-9-2-4-10(5-3-9)20-7-6-12(16)14-8-11(15)13(17)18/h2-5,11,15H,6-8H2,1H3,(H,14,16)(H,17,18). The first-order chi connectivity index (χ1) is 9.52. The van der Waals surface area contributed by atoms with Crippen LogP contribution in [0.5, 0.6) is 11.5 Å². The van der Waals surface area contributed by atoms with E-state index in [2.05, 4.69) is 5.32 Å². The first-order valence-corrected chi connectivity index (χ1v) is 5.97. The zero-order chi connectivity index (χ0) is 15.0. The van der Waals surface area contributed by atoms with Crippen molar-refractivity contribution < 1.29 is 29.3 Å². The van der Waals surface area contributed by atoms with E-state index in [0.29, 0.717) is 11.5 Å². The number of hydrogen-bond donors (Lipinski definition) is 3. The summed E-state index contributed by atoms with van der Waals surface area (Å²) in [6.07, 6.45) is -1.53. The van der Waals surface area contributed by atoms with Crippen molar-refractivity contribution in [3.63, 3.8) is 0 Å². The van der Waals surface area contributed by atoms with Gasteiger partial charge in [0.05, 0.1) is 26.7 Å². The number of carbonyl (C=O) groups excluding carboxylic acids is 1. The largest absolute Gasteiger partial charge is 0.497 e. The monoisotopic (exact) mass is 283 g/mol. The number of ether oxygens (including phenoxy) is 2. The van der Waals surface area contributed by atoms with E-state index in [1.54, 1.807) is 31.4 Å². The lowest BCUT2D eigenvalue weighted by Crippen LogP contribution is -2.36. The van der Waals surface area contributed by atoms with Crippen LogP contribution in [0.1, 0.15) is 6.42 Å². The summed E-state index contributed by atoms with van der Waals surface area (Å²) < 4.78 is 10.3. The molecule has 7 nitrogen and oxygen atoms in total. The van der Waals surface area contributed by atoms with Crippen LogP contribution in [0.3, 0.4) is 0 Å². The molecule has 1 unspecified atom stereocenters. The summed E-state index contributed by atoms with van der Waals surface area (Å²) >= 11 is 0. The number of carboxylic acid groups (broad SMARTS) is 1. The van der Waals surface area contributed by atoms with Crippen molar-refractivity contribution >= 4 is 11.9 Å². The normalized spacial score (nSPS) is 11.5. The first kappa shape index (κ1) is 15.8. The molecule has 7 heteroatoms. The smallest absolute Gasteiger partial charge is 0.334 e. The second kappa shape index (κ2) is 8.00. The van der Waals surface area contributed by atoms with Gasteiger partial charge in [-0.15, -0.1) is 0 Å². The highest BCUT2D eigenvalue weighted by Crippen LogP contribution is 2.16. The third-order valence-electron chi connectivity index (χ3n) is 2.43. The maximum atomic E-state index is 11.3. The number of amides is 1. The number of aliphatic hydroxyl groups is 1. The Morgan fingerprint density at radius 1 is 1.25 bits per heavy atom. The van der Waals surface area contributed by atoms with Gasteiger partial charge < -0.3 is 25.0 Å². The molecule has 1 aromatic rings. The summed E-state index contributed by atoms with van der Waals surface area (Å²) in [5, 5.41) is 19.7. The Hall–Kier alpha value is -2.28. The molecule has 110 valence electrons. The second-order valence-electron chi connectivity index (χ2n) is 3.93. The molecule has 0 heterocycles. The Morgan fingerprint density at radius 2 is 1.85 bits per heavy atom. The van der Waals surface area contributed by atoms with E-state index in [-0.39, 0.29) is 25.5 Å². The lowest BCUT2D eigenvalue weighted by atomic mass is 10.3. The van der Waals surface area contributed by atoms with Crippen molar-refractivity contribution in [2.45, 2.75) is 12.5 Å². The molecule has 0 aliphatic heterocycles. The van der Waals surface area contributed by atoms with Crippen LogP contribution in [0.2, 0.25) is 0 Å². The number of aliphatic hydroxyl groups excluding tert-OH is 1. The molecule has 0 fully saturated rings. The Kier molecular flexibility index (Phi) is 6.31. The minimum atomic E-state index is -1.60. The Bertz CT molecular complexity index is 445. The lowest BCUT2D eigenvalue weighted by Gasteiger charge is -2.09. The van der Waals surface area contributed by atoms with Gasteiger partial charge in [-0.1, -0.05) is 0 Å². The van der Waals surface area contributed by atoms with Crippen LogP contribution < -0.4 is 14.8 Å². The molecule has 1 amide bonds. The Balaban J connectivity index is 2.22. The number of carboxylic acids is 1. The molecule has 0 saturated heterocycles. The van der Waals surface area contributed by atoms with Gasteiger partial charge in [0.25, 0.3) is 0 Å². The van der Waals surface area contributed by atoms with Gasteiger partial charge in [0.2, 0.25) is 5.91 Å². The minimum Gasteiger partial charge on any atom is -0.497 e. The highest BCUT2D eigenvalue weighted by Gasteiger charge is 2.13. The van der Waals surface area contributed by atoms with E-state index < -0.39 is 12.1 Å². The maximum Gasteiger partial charge on any atom is 0.334 e. The highest BCUT2D eigenvalue weighted by molar-refractivity contribution is 5.78. The van der Waals surface area contributed by atoms with Gasteiger partial charge >= 0.3 is 5.97 Å². The fourth-order valence-electron chi connectivity index (χ4n) is 1.32. The van der Waals surface area contributed by atoms with Crippen LogP contribution in [-0.2, 0) is 9.59 Å². The fraction of sp³-hybridized carbons (Fsp3) is 0.385. The molecule has 1 aromatic carbocycles. The number of methoxy groups -OCH3 is 1. The van der Waals surface area contributed by atoms with Crippen LogP contribution in [0.25, 0.3) is 0 Å². The molecule has 3 N–H and O–H groups in total. The van der Waals surface area contributed by atoms with Gasteiger partial charge in [0.15, 0.2) is 6.10 Å². The van der Waals surface area contributed by atoms with Gasteiger partial charge in [-0.25, -0.2) is 4.79 Å². The zero-order valence-corrected chi connectivity index (χ0v) is 11.0. The number of carbonyl (C=O) groups is 2. The van der Waals surface area contributed by atoms with Crippen LogP contribution in [0.15, 0.2) is 24.3 Å². The molecule has 0 bridgehead atoms. The molecule has 1 rings (SSSR count). The van der Waals surface area contributed by atoms with Crippen LogP contribution in [0.4, 0.5) is 0 Å². The molecule has 0 aromatic heterocycles. The third kappa shape index (κ3) is 5.57. The van der Waals surface area contributed by atoms with Gasteiger partial charge in [0, 0.05) is 0 Å². The predicted molar refractivity (Wildman–Crippen MR) is 69.8 cm³/mol. The predicted octanol–water partition coefficient (Wildman–Crippen LogP) is 0.0258. The lowest BCUT2D eigenvalue weighted by molar-refractivity contribution is -0.146. The molecule has 0 aliphatic rings. The highest BCUT2D eigenvalue weighted by atomic mass is 16.5. The second-order valence-corrected chi connectivity index (χ2v) is 3.93. The molecule has 0 saturated carbocycles.